The maximum atomic E-state index is 13.2. The number of nitrogens with zero attached hydrogens (tertiary/aromatic N) is 1. The Morgan fingerprint density at radius 1 is 1.05 bits per heavy atom. The first-order valence-electron chi connectivity index (χ1n) is 5.20. The van der Waals surface area contributed by atoms with Crippen LogP contribution in [0, 0.1) is 0 Å². The highest BCUT2D eigenvalue weighted by atomic mass is 32.2. The normalized spacial score (nSPS) is 21.7. The van der Waals surface area contributed by atoms with Crippen molar-refractivity contribution >= 4 is 17.0 Å². The lowest BCUT2D eigenvalue weighted by Crippen LogP contribution is -2.54. The van der Waals surface area contributed by atoms with Gasteiger partial charge in [0.15, 0.2) is 0 Å². The number of allylic oxidation sites excluding steroid dienone is 1. The fourth-order valence-corrected chi connectivity index (χ4v) is 2.48. The van der Waals surface area contributed by atoms with Crippen LogP contribution in [-0.2, 0) is 4.74 Å². The van der Waals surface area contributed by atoms with E-state index in [1.807, 2.05) is 0 Å². The molecule has 0 fully saturated rings. The summed E-state index contributed by atoms with van der Waals surface area (Å²) in [6, 6.07) is 0. The summed E-state index contributed by atoms with van der Waals surface area (Å²) < 4.78 is 126. The SMILES string of the molecule is CCOC1=N/C(=C(/F)C(F)(F)F)C(C(F)(F)F)(C(F)(F)F)S1. The number of aliphatic imine (C=N–C) groups is 1. The molecular weight excluding hydrogens is 360 g/mol. The van der Waals surface area contributed by atoms with E-state index in [2.05, 4.69) is 9.73 Å². The molecule has 0 amide bonds. The van der Waals surface area contributed by atoms with Gasteiger partial charge in [-0.05, 0) is 18.7 Å². The summed E-state index contributed by atoms with van der Waals surface area (Å²) in [5, 5.41) is -1.36. The third-order valence-electron chi connectivity index (χ3n) is 2.30. The first-order valence-corrected chi connectivity index (χ1v) is 6.01. The Labute approximate surface area is 120 Å². The van der Waals surface area contributed by atoms with Gasteiger partial charge >= 0.3 is 18.5 Å². The lowest BCUT2D eigenvalue weighted by molar-refractivity contribution is -0.253. The topological polar surface area (TPSA) is 21.6 Å². The summed E-state index contributed by atoms with van der Waals surface area (Å²) in [5.41, 5.74) is -2.83. The van der Waals surface area contributed by atoms with E-state index in [0.29, 0.717) is 0 Å². The first-order chi connectivity index (χ1) is 9.68. The predicted octanol–water partition coefficient (Wildman–Crippen LogP) is 4.73. The molecule has 0 aromatic heterocycles. The second-order valence-corrected chi connectivity index (χ2v) is 4.92. The highest BCUT2D eigenvalue weighted by molar-refractivity contribution is 8.15. The summed E-state index contributed by atoms with van der Waals surface area (Å²) in [6.45, 7) is 0.673. The molecule has 0 aromatic carbocycles. The molecule has 0 unspecified atom stereocenters. The minimum absolute atomic E-state index is 0.474. The average molecular weight is 365 g/mol. The van der Waals surface area contributed by atoms with Crippen LogP contribution in [0.3, 0.4) is 0 Å². The molecule has 1 rings (SSSR count). The minimum atomic E-state index is -6.30. The molecule has 0 saturated heterocycles. The lowest BCUT2D eigenvalue weighted by Gasteiger charge is -2.32. The zero-order valence-corrected chi connectivity index (χ0v) is 11.1. The maximum absolute atomic E-state index is 13.2. The van der Waals surface area contributed by atoms with Crippen LogP contribution in [0.5, 0.6) is 0 Å². The van der Waals surface area contributed by atoms with E-state index in [9.17, 15) is 43.9 Å². The lowest BCUT2D eigenvalue weighted by atomic mass is 10.0. The summed E-state index contributed by atoms with van der Waals surface area (Å²) >= 11 is -1.17. The molecule has 0 N–H and O–H groups in total. The van der Waals surface area contributed by atoms with Crippen molar-refractivity contribution in [2.75, 3.05) is 6.61 Å². The molecule has 0 spiro atoms. The van der Waals surface area contributed by atoms with Crippen molar-refractivity contribution in [2.45, 2.75) is 30.2 Å². The molecule has 13 heteroatoms. The highest BCUT2D eigenvalue weighted by Gasteiger charge is 2.78. The van der Waals surface area contributed by atoms with Gasteiger partial charge in [0.25, 0.3) is 9.98 Å². The van der Waals surface area contributed by atoms with Gasteiger partial charge in [-0.2, -0.15) is 43.9 Å². The number of thioether (sulfide) groups is 1. The molecule has 22 heavy (non-hydrogen) atoms. The number of ether oxygens (including phenoxy) is 1. The van der Waals surface area contributed by atoms with Crippen LogP contribution >= 0.6 is 11.8 Å². The molecule has 1 heterocycles. The molecular formula is C9H5F10NOS. The molecule has 128 valence electrons. The Morgan fingerprint density at radius 2 is 1.50 bits per heavy atom. The van der Waals surface area contributed by atoms with Gasteiger partial charge in [-0.3, -0.25) is 0 Å². The standard InChI is InChI=1S/C9H5F10NOS/c1-2-21-5-20-4(3(10)7(11,12)13)6(22-5,8(14,15)16)9(17,18)19/h2H2,1H3/b4-3+. The van der Waals surface area contributed by atoms with Crippen LogP contribution in [0.1, 0.15) is 6.92 Å². The molecule has 0 aliphatic carbocycles. The number of halogens is 10. The van der Waals surface area contributed by atoms with E-state index < -0.39 is 58.4 Å². The largest absolute Gasteiger partial charge is 0.473 e. The minimum Gasteiger partial charge on any atom is -0.473 e. The van der Waals surface area contributed by atoms with Crippen LogP contribution < -0.4 is 0 Å². The molecule has 2 nitrogen and oxygen atoms in total. The van der Waals surface area contributed by atoms with Crippen LogP contribution in [0.15, 0.2) is 16.5 Å². The van der Waals surface area contributed by atoms with Crippen molar-refractivity contribution in [2.24, 2.45) is 4.99 Å². The number of alkyl halides is 9. The first kappa shape index (κ1) is 18.9. The molecule has 0 saturated carbocycles. The van der Waals surface area contributed by atoms with Gasteiger partial charge in [0.2, 0.25) is 5.83 Å². The van der Waals surface area contributed by atoms with Crippen LogP contribution in [-0.4, -0.2) is 35.1 Å². The van der Waals surface area contributed by atoms with E-state index in [-0.39, 0.29) is 0 Å². The number of rotatable bonds is 1. The Bertz CT molecular complexity index is 486. The average Bonchev–Trinajstić information content (AvgIpc) is 2.66. The van der Waals surface area contributed by atoms with Gasteiger partial charge < -0.3 is 4.74 Å². The molecule has 0 aromatic rings. The summed E-state index contributed by atoms with van der Waals surface area (Å²) in [7, 11) is 0. The smallest absolute Gasteiger partial charge is 0.444 e. The van der Waals surface area contributed by atoms with Crippen LogP contribution in [0.2, 0.25) is 0 Å². The third-order valence-corrected chi connectivity index (χ3v) is 3.65. The van der Waals surface area contributed by atoms with Crippen LogP contribution in [0.25, 0.3) is 0 Å². The third kappa shape index (κ3) is 2.99. The summed E-state index contributed by atoms with van der Waals surface area (Å²) in [6.07, 6.45) is -18.7. The van der Waals surface area contributed by atoms with Gasteiger partial charge in [0.05, 0.1) is 6.61 Å². The number of hydrogen-bond donors (Lipinski definition) is 0. The quantitative estimate of drug-likeness (QED) is 0.627. The molecule has 1 aliphatic heterocycles. The van der Waals surface area contributed by atoms with Crippen LogP contribution in [0.4, 0.5) is 43.9 Å². The van der Waals surface area contributed by atoms with Gasteiger partial charge in [-0.15, -0.1) is 0 Å². The molecule has 0 bridgehead atoms. The highest BCUT2D eigenvalue weighted by Crippen LogP contribution is 2.61. The van der Waals surface area contributed by atoms with Crippen molar-refractivity contribution < 1.29 is 48.6 Å². The monoisotopic (exact) mass is 365 g/mol. The zero-order chi connectivity index (χ0) is 17.6. The van der Waals surface area contributed by atoms with Crippen molar-refractivity contribution in [3.63, 3.8) is 0 Å². The Balaban J connectivity index is 3.70. The van der Waals surface area contributed by atoms with Gasteiger partial charge in [0, 0.05) is 0 Å². The fourth-order valence-electron chi connectivity index (χ4n) is 1.44. The van der Waals surface area contributed by atoms with E-state index in [4.69, 9.17) is 0 Å². The van der Waals surface area contributed by atoms with Crippen molar-refractivity contribution in [1.29, 1.82) is 0 Å². The summed E-state index contributed by atoms with van der Waals surface area (Å²) in [5.74, 6) is -3.58. The van der Waals surface area contributed by atoms with Crippen molar-refractivity contribution in [3.8, 4) is 0 Å². The van der Waals surface area contributed by atoms with Crippen molar-refractivity contribution in [3.05, 3.63) is 11.5 Å². The Hall–Kier alpha value is -1.14. The Kier molecular flexibility index (Phi) is 4.72. The van der Waals surface area contributed by atoms with E-state index in [0.717, 1.165) is 6.92 Å². The van der Waals surface area contributed by atoms with Gasteiger partial charge in [-0.1, -0.05) is 0 Å². The van der Waals surface area contributed by atoms with E-state index in [1.165, 1.54) is 0 Å². The zero-order valence-electron chi connectivity index (χ0n) is 10.3. The van der Waals surface area contributed by atoms with E-state index >= 15 is 0 Å². The second-order valence-electron chi connectivity index (χ2n) is 3.75. The number of hydrogen-bond acceptors (Lipinski definition) is 3. The van der Waals surface area contributed by atoms with Crippen molar-refractivity contribution in [1.82, 2.24) is 0 Å². The maximum Gasteiger partial charge on any atom is 0.444 e. The summed E-state index contributed by atoms with van der Waals surface area (Å²) in [4.78, 5) is 2.43. The molecule has 1 aliphatic rings. The fraction of sp³-hybridized carbons (Fsp3) is 0.667. The van der Waals surface area contributed by atoms with Gasteiger partial charge in [0.1, 0.15) is 5.70 Å². The predicted molar refractivity (Wildman–Crippen MR) is 55.7 cm³/mol. The van der Waals surface area contributed by atoms with Gasteiger partial charge in [-0.25, -0.2) is 4.99 Å². The van der Waals surface area contributed by atoms with E-state index in [1.54, 1.807) is 0 Å². The molecule has 0 atom stereocenters. The Morgan fingerprint density at radius 3 is 1.82 bits per heavy atom. The molecule has 0 radical (unpaired) electrons. The second kappa shape index (κ2) is 5.49.